The summed E-state index contributed by atoms with van der Waals surface area (Å²) >= 11 is 0. The van der Waals surface area contributed by atoms with Gasteiger partial charge in [-0.15, -0.1) is 0 Å². The molecule has 2 heteroatoms. The van der Waals surface area contributed by atoms with E-state index >= 15 is 0 Å². The molecule has 1 fully saturated rings. The van der Waals surface area contributed by atoms with Gasteiger partial charge in [0.15, 0.2) is 0 Å². The summed E-state index contributed by atoms with van der Waals surface area (Å²) in [5, 5.41) is 0. The number of aromatic nitrogens is 1. The van der Waals surface area contributed by atoms with E-state index in [1.165, 1.54) is 32.1 Å². The first-order valence-electron chi connectivity index (χ1n) is 6.94. The maximum Gasteiger partial charge on any atom is 0.0447 e. The average Bonchev–Trinajstić information content (AvgIpc) is 2.89. The van der Waals surface area contributed by atoms with Crippen molar-refractivity contribution in [3.63, 3.8) is 0 Å². The van der Waals surface area contributed by atoms with Gasteiger partial charge in [0.2, 0.25) is 0 Å². The van der Waals surface area contributed by atoms with Gasteiger partial charge in [0.1, 0.15) is 0 Å². The Bertz CT molecular complexity index is 317. The number of nitrogens with zero attached hydrogens (tertiary/aromatic N) is 1. The zero-order valence-electron chi connectivity index (χ0n) is 10.8. The van der Waals surface area contributed by atoms with E-state index in [0.29, 0.717) is 5.92 Å². The molecular formula is C15H24N2. The Labute approximate surface area is 105 Å². The molecule has 17 heavy (non-hydrogen) atoms. The highest BCUT2D eigenvalue weighted by Crippen LogP contribution is 2.30. The van der Waals surface area contributed by atoms with Gasteiger partial charge in [-0.3, -0.25) is 4.98 Å². The van der Waals surface area contributed by atoms with Crippen molar-refractivity contribution in [3.05, 3.63) is 30.1 Å². The molecule has 1 aliphatic carbocycles. The van der Waals surface area contributed by atoms with Gasteiger partial charge < -0.3 is 5.73 Å². The fourth-order valence-electron chi connectivity index (χ4n) is 2.84. The number of nitrogens with two attached hydrogens (primary N) is 1. The van der Waals surface area contributed by atoms with Crippen molar-refractivity contribution < 1.29 is 0 Å². The van der Waals surface area contributed by atoms with E-state index in [0.717, 1.165) is 18.0 Å². The lowest BCUT2D eigenvalue weighted by Crippen LogP contribution is -2.27. The molecule has 2 N–H and O–H groups in total. The molecule has 0 spiro atoms. The van der Waals surface area contributed by atoms with Crippen LogP contribution >= 0.6 is 0 Å². The van der Waals surface area contributed by atoms with Crippen LogP contribution in [0.15, 0.2) is 24.4 Å². The van der Waals surface area contributed by atoms with Crippen molar-refractivity contribution in [2.75, 3.05) is 0 Å². The minimum Gasteiger partial charge on any atom is -0.327 e. The highest BCUT2D eigenvalue weighted by Gasteiger charge is 2.19. The van der Waals surface area contributed by atoms with Crippen molar-refractivity contribution in [3.8, 4) is 0 Å². The molecule has 1 aromatic rings. The smallest absolute Gasteiger partial charge is 0.0447 e. The lowest BCUT2D eigenvalue weighted by molar-refractivity contribution is 0.421. The van der Waals surface area contributed by atoms with Gasteiger partial charge >= 0.3 is 0 Å². The van der Waals surface area contributed by atoms with Crippen LogP contribution in [-0.4, -0.2) is 11.0 Å². The molecule has 0 saturated heterocycles. The van der Waals surface area contributed by atoms with Crippen molar-refractivity contribution in [1.29, 1.82) is 0 Å². The number of hydrogen-bond donors (Lipinski definition) is 1. The molecule has 0 bridgehead atoms. The predicted molar refractivity (Wildman–Crippen MR) is 71.8 cm³/mol. The van der Waals surface area contributed by atoms with Crippen molar-refractivity contribution in [2.45, 2.75) is 57.4 Å². The Kier molecular flexibility index (Phi) is 4.55. The number of pyridine rings is 1. The fraction of sp³-hybridized carbons (Fsp3) is 0.667. The lowest BCUT2D eigenvalue weighted by Gasteiger charge is -2.20. The molecule has 1 aromatic heterocycles. The topological polar surface area (TPSA) is 38.9 Å². The molecule has 0 aliphatic heterocycles. The first-order valence-corrected chi connectivity index (χ1v) is 6.94. The van der Waals surface area contributed by atoms with Crippen molar-refractivity contribution >= 4 is 0 Å². The minimum absolute atomic E-state index is 0.255. The summed E-state index contributed by atoms with van der Waals surface area (Å²) in [5.74, 6) is 1.31. The van der Waals surface area contributed by atoms with Crippen LogP contribution in [0.4, 0.5) is 0 Å². The molecule has 2 rings (SSSR count). The van der Waals surface area contributed by atoms with Gasteiger partial charge in [0.25, 0.3) is 0 Å². The summed E-state index contributed by atoms with van der Waals surface area (Å²) < 4.78 is 0. The van der Waals surface area contributed by atoms with E-state index in [1.54, 1.807) is 0 Å². The summed E-state index contributed by atoms with van der Waals surface area (Å²) in [5.41, 5.74) is 7.42. The second kappa shape index (κ2) is 6.15. The first kappa shape index (κ1) is 12.6. The third-order valence-corrected chi connectivity index (χ3v) is 4.18. The van der Waals surface area contributed by atoms with Crippen LogP contribution < -0.4 is 5.73 Å². The van der Waals surface area contributed by atoms with Gasteiger partial charge in [-0.1, -0.05) is 38.7 Å². The number of hydrogen-bond acceptors (Lipinski definition) is 2. The van der Waals surface area contributed by atoms with Gasteiger partial charge in [-0.25, -0.2) is 0 Å². The molecule has 2 unspecified atom stereocenters. The fourth-order valence-corrected chi connectivity index (χ4v) is 2.84. The van der Waals surface area contributed by atoms with E-state index in [1.807, 2.05) is 18.3 Å². The Balaban J connectivity index is 1.80. The highest BCUT2D eigenvalue weighted by molar-refractivity contribution is 5.10. The van der Waals surface area contributed by atoms with Crippen LogP contribution in [0.2, 0.25) is 0 Å². The Morgan fingerprint density at radius 2 is 2.12 bits per heavy atom. The van der Waals surface area contributed by atoms with Crippen molar-refractivity contribution in [2.24, 2.45) is 11.7 Å². The van der Waals surface area contributed by atoms with Crippen LogP contribution in [0, 0.1) is 5.92 Å². The van der Waals surface area contributed by atoms with Gasteiger partial charge in [0.05, 0.1) is 0 Å². The molecule has 1 saturated carbocycles. The van der Waals surface area contributed by atoms with Crippen LogP contribution in [0.1, 0.15) is 57.1 Å². The summed E-state index contributed by atoms with van der Waals surface area (Å²) in [6.07, 6.45) is 10.00. The second-order valence-corrected chi connectivity index (χ2v) is 5.43. The third kappa shape index (κ3) is 3.53. The van der Waals surface area contributed by atoms with Gasteiger partial charge in [-0.2, -0.15) is 0 Å². The van der Waals surface area contributed by atoms with Crippen molar-refractivity contribution in [1.82, 2.24) is 4.98 Å². The van der Waals surface area contributed by atoms with Gasteiger partial charge in [-0.05, 0) is 30.9 Å². The van der Waals surface area contributed by atoms with E-state index in [-0.39, 0.29) is 6.04 Å². The highest BCUT2D eigenvalue weighted by atomic mass is 14.7. The third-order valence-electron chi connectivity index (χ3n) is 4.18. The molecule has 2 atom stereocenters. The monoisotopic (exact) mass is 232 g/mol. The molecule has 0 aromatic carbocycles. The zero-order chi connectivity index (χ0) is 12.1. The zero-order valence-corrected chi connectivity index (χ0v) is 10.8. The first-order chi connectivity index (χ1) is 8.27. The SMILES string of the molecule is CC(c1ccccn1)C(N)CCC1CCCC1. The van der Waals surface area contributed by atoms with Crippen LogP contribution in [-0.2, 0) is 0 Å². The molecule has 94 valence electrons. The minimum atomic E-state index is 0.255. The van der Waals surface area contributed by atoms with Gasteiger partial charge in [0, 0.05) is 23.9 Å². The summed E-state index contributed by atoms with van der Waals surface area (Å²) in [4.78, 5) is 4.40. The van der Waals surface area contributed by atoms with Crippen LogP contribution in [0.25, 0.3) is 0 Å². The summed E-state index contributed by atoms with van der Waals surface area (Å²) in [7, 11) is 0. The lowest BCUT2D eigenvalue weighted by atomic mass is 9.91. The molecule has 1 aliphatic rings. The quantitative estimate of drug-likeness (QED) is 0.844. The van der Waals surface area contributed by atoms with E-state index in [9.17, 15) is 0 Å². The molecule has 0 amide bonds. The number of rotatable bonds is 5. The summed E-state index contributed by atoms with van der Waals surface area (Å²) in [6, 6.07) is 6.34. The molecule has 1 heterocycles. The summed E-state index contributed by atoms with van der Waals surface area (Å²) in [6.45, 7) is 2.20. The molecule has 2 nitrogen and oxygen atoms in total. The van der Waals surface area contributed by atoms with Crippen LogP contribution in [0.5, 0.6) is 0 Å². The maximum absolute atomic E-state index is 6.29. The standard InChI is InChI=1S/C15H24N2/c1-12(15-8-4-5-11-17-15)14(16)10-9-13-6-2-3-7-13/h4-5,8,11-14H,2-3,6-7,9-10,16H2,1H3. The van der Waals surface area contributed by atoms with Crippen LogP contribution in [0.3, 0.4) is 0 Å². The largest absolute Gasteiger partial charge is 0.327 e. The molecule has 0 radical (unpaired) electrons. The average molecular weight is 232 g/mol. The Morgan fingerprint density at radius 1 is 1.35 bits per heavy atom. The maximum atomic E-state index is 6.29. The Hall–Kier alpha value is -0.890. The van der Waals surface area contributed by atoms with E-state index in [2.05, 4.69) is 18.0 Å². The Morgan fingerprint density at radius 3 is 2.76 bits per heavy atom. The second-order valence-electron chi connectivity index (χ2n) is 5.43. The predicted octanol–water partition coefficient (Wildman–Crippen LogP) is 3.48. The normalized spacial score (nSPS) is 20.4. The van der Waals surface area contributed by atoms with E-state index < -0.39 is 0 Å². The molecular weight excluding hydrogens is 208 g/mol. The van der Waals surface area contributed by atoms with E-state index in [4.69, 9.17) is 5.73 Å².